The van der Waals surface area contributed by atoms with E-state index in [-0.39, 0.29) is 23.1 Å². The normalized spacial score (nSPS) is 23.2. The molecule has 1 aliphatic heterocycles. The fraction of sp³-hybridized carbons (Fsp3) is 0.600. The molecule has 1 saturated carbocycles. The van der Waals surface area contributed by atoms with Gasteiger partial charge in [-0.2, -0.15) is 8.78 Å². The van der Waals surface area contributed by atoms with Crippen LogP contribution < -0.4 is 5.32 Å². The molecule has 8 nitrogen and oxygen atoms in total. The fourth-order valence-electron chi connectivity index (χ4n) is 3.86. The Balaban J connectivity index is 1.52. The molecule has 0 radical (unpaired) electrons. The second-order valence-corrected chi connectivity index (χ2v) is 8.25. The van der Waals surface area contributed by atoms with E-state index in [9.17, 15) is 13.6 Å². The van der Waals surface area contributed by atoms with Gasteiger partial charge in [-0.15, -0.1) is 0 Å². The predicted molar refractivity (Wildman–Crippen MR) is 103 cm³/mol. The van der Waals surface area contributed by atoms with Crippen molar-refractivity contribution < 1.29 is 23.0 Å². The van der Waals surface area contributed by atoms with Crippen LogP contribution in [0.5, 0.6) is 0 Å². The maximum atomic E-state index is 13.0. The minimum Gasteiger partial charge on any atom is -0.379 e. The van der Waals surface area contributed by atoms with Crippen molar-refractivity contribution in [2.45, 2.75) is 56.8 Å². The molecule has 0 bridgehead atoms. The average molecular weight is 421 g/mol. The summed E-state index contributed by atoms with van der Waals surface area (Å²) >= 11 is 0. The summed E-state index contributed by atoms with van der Waals surface area (Å²) in [6.07, 6.45) is 4.99. The molecule has 3 heterocycles. The van der Waals surface area contributed by atoms with Crippen molar-refractivity contribution in [3.05, 3.63) is 30.0 Å². The van der Waals surface area contributed by atoms with Crippen molar-refractivity contribution >= 4 is 5.91 Å². The molecule has 0 spiro atoms. The Morgan fingerprint density at radius 3 is 2.60 bits per heavy atom. The molecule has 0 atom stereocenters. The van der Waals surface area contributed by atoms with Crippen LogP contribution in [0, 0.1) is 0 Å². The van der Waals surface area contributed by atoms with E-state index >= 15 is 0 Å². The van der Waals surface area contributed by atoms with Gasteiger partial charge >= 0.3 is 6.61 Å². The van der Waals surface area contributed by atoms with E-state index in [1.807, 2.05) is 14.0 Å². The van der Waals surface area contributed by atoms with Gasteiger partial charge in [-0.25, -0.2) is 15.0 Å². The highest BCUT2D eigenvalue weighted by Gasteiger charge is 2.38. The molecule has 1 amide bonds. The van der Waals surface area contributed by atoms with Crippen molar-refractivity contribution in [1.29, 1.82) is 0 Å². The monoisotopic (exact) mass is 421 g/mol. The topological polar surface area (TPSA) is 91.2 Å². The summed E-state index contributed by atoms with van der Waals surface area (Å²) in [5.74, 6) is 0.129. The van der Waals surface area contributed by atoms with E-state index in [4.69, 9.17) is 4.74 Å². The highest BCUT2D eigenvalue weighted by molar-refractivity contribution is 5.93. The van der Waals surface area contributed by atoms with E-state index in [2.05, 4.69) is 25.0 Å². The third kappa shape index (κ3) is 4.34. The molecule has 2 aliphatic rings. The highest BCUT2D eigenvalue weighted by Crippen LogP contribution is 2.32. The molecule has 2 aromatic rings. The maximum Gasteiger partial charge on any atom is 0.345 e. The van der Waals surface area contributed by atoms with Crippen LogP contribution in [-0.4, -0.2) is 57.4 Å². The summed E-state index contributed by atoms with van der Waals surface area (Å²) in [5.41, 5.74) is 1.46. The van der Waals surface area contributed by atoms with E-state index in [1.165, 1.54) is 0 Å². The van der Waals surface area contributed by atoms with E-state index < -0.39 is 12.7 Å². The summed E-state index contributed by atoms with van der Waals surface area (Å²) in [4.78, 5) is 26.2. The van der Waals surface area contributed by atoms with Crippen LogP contribution in [0.3, 0.4) is 0 Å². The lowest BCUT2D eigenvalue weighted by molar-refractivity contribution is -0.170. The zero-order valence-corrected chi connectivity index (χ0v) is 17.0. The fourth-order valence-corrected chi connectivity index (χ4v) is 3.86. The highest BCUT2D eigenvalue weighted by atomic mass is 19.3. The zero-order valence-electron chi connectivity index (χ0n) is 17.0. The molecule has 2 aromatic heterocycles. The first kappa shape index (κ1) is 20.8. The quantitative estimate of drug-likeness (QED) is 0.771. The number of nitrogens with one attached hydrogen (secondary N) is 1. The van der Waals surface area contributed by atoms with Crippen LogP contribution in [-0.2, 0) is 21.9 Å². The van der Waals surface area contributed by atoms with Gasteiger partial charge in [0, 0.05) is 13.1 Å². The average Bonchev–Trinajstić information content (AvgIpc) is 3.13. The molecule has 1 N–H and O–H groups in total. The number of nitrogens with zero attached hydrogens (tertiary/aromatic N) is 4. The Morgan fingerprint density at radius 1 is 1.30 bits per heavy atom. The standard InChI is InChI=1S/C20H25F2N5O3/c1-20(9-29-10-20)16-7-14(25-17(26-16)15-8-23-11-27(15)2)18(28)24-12-3-5-13(6-4-12)30-19(21)22/h7-8,11-13,19H,3-6,9-10H2,1-2H3,(H,24,28). The summed E-state index contributed by atoms with van der Waals surface area (Å²) < 4.78 is 36.5. The molecule has 10 heteroatoms. The number of rotatable bonds is 6. The summed E-state index contributed by atoms with van der Waals surface area (Å²) in [5, 5.41) is 2.98. The third-order valence-electron chi connectivity index (χ3n) is 5.77. The van der Waals surface area contributed by atoms with E-state index in [0.29, 0.717) is 50.4 Å². The molecule has 4 rings (SSSR count). The van der Waals surface area contributed by atoms with Gasteiger partial charge in [-0.1, -0.05) is 0 Å². The number of aromatic nitrogens is 4. The lowest BCUT2D eigenvalue weighted by Crippen LogP contribution is -2.45. The molecular weight excluding hydrogens is 396 g/mol. The number of hydrogen-bond donors (Lipinski definition) is 1. The van der Waals surface area contributed by atoms with Gasteiger partial charge in [0.05, 0.1) is 43.0 Å². The second-order valence-electron chi connectivity index (χ2n) is 8.25. The van der Waals surface area contributed by atoms with Gasteiger partial charge in [-0.05, 0) is 38.7 Å². The number of alkyl halides is 2. The Labute approximate surface area is 173 Å². The predicted octanol–water partition coefficient (Wildman–Crippen LogP) is 2.45. The smallest absolute Gasteiger partial charge is 0.345 e. The van der Waals surface area contributed by atoms with Crippen LogP contribution in [0.25, 0.3) is 11.5 Å². The molecule has 30 heavy (non-hydrogen) atoms. The van der Waals surface area contributed by atoms with Crippen LogP contribution in [0.2, 0.25) is 0 Å². The summed E-state index contributed by atoms with van der Waals surface area (Å²) in [6.45, 7) is 0.342. The number of hydrogen-bond acceptors (Lipinski definition) is 6. The first-order valence-electron chi connectivity index (χ1n) is 10.0. The number of carbonyl (C=O) groups excluding carboxylic acids is 1. The van der Waals surface area contributed by atoms with Crippen LogP contribution in [0.15, 0.2) is 18.6 Å². The van der Waals surface area contributed by atoms with Gasteiger partial charge < -0.3 is 19.4 Å². The number of aryl methyl sites for hydroxylation is 1. The van der Waals surface area contributed by atoms with Gasteiger partial charge in [0.15, 0.2) is 5.82 Å². The number of imidazole rings is 1. The lowest BCUT2D eigenvalue weighted by Gasteiger charge is -2.37. The Bertz CT molecular complexity index is 908. The first-order chi connectivity index (χ1) is 14.3. The lowest BCUT2D eigenvalue weighted by atomic mass is 9.84. The molecule has 1 aliphatic carbocycles. The van der Waals surface area contributed by atoms with Crippen molar-refractivity contribution in [2.24, 2.45) is 7.05 Å². The zero-order chi connectivity index (χ0) is 21.3. The minimum atomic E-state index is -2.76. The van der Waals surface area contributed by atoms with Crippen molar-refractivity contribution in [2.75, 3.05) is 13.2 Å². The van der Waals surface area contributed by atoms with Crippen molar-refractivity contribution in [1.82, 2.24) is 24.8 Å². The Hall–Kier alpha value is -2.46. The molecule has 2 fully saturated rings. The van der Waals surface area contributed by atoms with E-state index in [1.54, 1.807) is 23.2 Å². The first-order valence-corrected chi connectivity index (χ1v) is 10.0. The molecule has 0 aromatic carbocycles. The van der Waals surface area contributed by atoms with Crippen LogP contribution >= 0.6 is 0 Å². The number of carbonyl (C=O) groups is 1. The SMILES string of the molecule is Cn1cncc1-c1nc(C(=O)NC2CCC(OC(F)F)CC2)cc(C2(C)COC2)n1. The molecule has 162 valence electrons. The molecular formula is C20H25F2N5O3. The molecule has 1 saturated heterocycles. The largest absolute Gasteiger partial charge is 0.379 e. The minimum absolute atomic E-state index is 0.101. The second kappa shape index (κ2) is 8.35. The van der Waals surface area contributed by atoms with Gasteiger partial charge in [0.1, 0.15) is 11.4 Å². The Kier molecular flexibility index (Phi) is 5.79. The number of amides is 1. The third-order valence-corrected chi connectivity index (χ3v) is 5.77. The van der Waals surface area contributed by atoms with Crippen LogP contribution in [0.4, 0.5) is 8.78 Å². The van der Waals surface area contributed by atoms with Crippen molar-refractivity contribution in [3.63, 3.8) is 0 Å². The van der Waals surface area contributed by atoms with E-state index in [0.717, 1.165) is 5.69 Å². The van der Waals surface area contributed by atoms with Crippen LogP contribution in [0.1, 0.15) is 48.8 Å². The Morgan fingerprint density at radius 2 is 2.03 bits per heavy atom. The van der Waals surface area contributed by atoms with Gasteiger partial charge in [-0.3, -0.25) is 4.79 Å². The van der Waals surface area contributed by atoms with Gasteiger partial charge in [0.2, 0.25) is 0 Å². The number of ether oxygens (including phenoxy) is 2. The van der Waals surface area contributed by atoms with Gasteiger partial charge in [0.25, 0.3) is 5.91 Å². The number of halogens is 2. The molecule has 0 unspecified atom stereocenters. The summed E-state index contributed by atoms with van der Waals surface area (Å²) in [7, 11) is 1.84. The van der Waals surface area contributed by atoms with Crippen molar-refractivity contribution in [3.8, 4) is 11.5 Å². The summed E-state index contributed by atoms with van der Waals surface area (Å²) in [6, 6.07) is 1.61. The maximum absolute atomic E-state index is 13.0.